The van der Waals surface area contributed by atoms with Crippen LogP contribution in [0.15, 0.2) is 47.6 Å². The van der Waals surface area contributed by atoms with Gasteiger partial charge in [-0.15, -0.1) is 0 Å². The zero-order valence-electron chi connectivity index (χ0n) is 15.4. The van der Waals surface area contributed by atoms with Crippen LogP contribution in [0.3, 0.4) is 0 Å². The predicted octanol–water partition coefficient (Wildman–Crippen LogP) is 3.19. The molecule has 0 bridgehead atoms. The number of nitro groups is 1. The highest BCUT2D eigenvalue weighted by Gasteiger charge is 2.11. The number of aromatic hydroxyl groups is 1. The molecule has 0 saturated carbocycles. The average molecular weight is 384 g/mol. The van der Waals surface area contributed by atoms with E-state index < -0.39 is 10.8 Å². The summed E-state index contributed by atoms with van der Waals surface area (Å²) < 4.78 is 0. The lowest BCUT2D eigenvalue weighted by molar-refractivity contribution is -0.384. The van der Waals surface area contributed by atoms with Gasteiger partial charge in [-0.2, -0.15) is 5.10 Å². The highest BCUT2D eigenvalue weighted by molar-refractivity contribution is 6.04. The molecule has 0 saturated heterocycles. The average Bonchev–Trinajstić information content (AvgIpc) is 2.67. The van der Waals surface area contributed by atoms with E-state index in [2.05, 4.69) is 15.8 Å². The molecular formula is C19H20N4O5. The second-order valence-electron chi connectivity index (χ2n) is 5.97. The van der Waals surface area contributed by atoms with Crippen molar-refractivity contribution in [3.8, 4) is 5.75 Å². The number of carbonyl (C=O) groups is 2. The van der Waals surface area contributed by atoms with Gasteiger partial charge in [0.2, 0.25) is 5.91 Å². The van der Waals surface area contributed by atoms with E-state index in [1.807, 2.05) is 6.92 Å². The highest BCUT2D eigenvalue weighted by Crippen LogP contribution is 2.22. The van der Waals surface area contributed by atoms with Crippen molar-refractivity contribution < 1.29 is 19.6 Å². The van der Waals surface area contributed by atoms with Gasteiger partial charge in [-0.05, 0) is 43.7 Å². The summed E-state index contributed by atoms with van der Waals surface area (Å²) in [6.07, 6.45) is 1.10. The summed E-state index contributed by atoms with van der Waals surface area (Å²) in [5.74, 6) is -0.749. The Kier molecular flexibility index (Phi) is 6.80. The molecule has 0 atom stereocenters. The number of hydrogen-bond acceptors (Lipinski definition) is 6. The van der Waals surface area contributed by atoms with Crippen LogP contribution in [0, 0.1) is 10.1 Å². The maximum Gasteiger partial charge on any atom is 0.271 e. The van der Waals surface area contributed by atoms with Crippen LogP contribution in [-0.4, -0.2) is 27.6 Å². The number of hydrazone groups is 1. The molecule has 0 spiro atoms. The number of amides is 2. The van der Waals surface area contributed by atoms with Crippen LogP contribution in [0.4, 0.5) is 11.4 Å². The molecule has 9 heteroatoms. The van der Waals surface area contributed by atoms with E-state index in [0.29, 0.717) is 29.8 Å². The monoisotopic (exact) mass is 384 g/mol. The number of nitro benzene ring substituents is 1. The minimum absolute atomic E-state index is 0.0562. The lowest BCUT2D eigenvalue weighted by Crippen LogP contribution is -2.19. The number of carbonyl (C=O) groups excluding carboxylic acids is 2. The van der Waals surface area contributed by atoms with Crippen molar-refractivity contribution in [2.45, 2.75) is 26.7 Å². The third kappa shape index (κ3) is 5.37. The van der Waals surface area contributed by atoms with E-state index in [1.54, 1.807) is 19.1 Å². The van der Waals surface area contributed by atoms with Crippen molar-refractivity contribution in [2.24, 2.45) is 5.10 Å². The molecule has 0 aliphatic carbocycles. The van der Waals surface area contributed by atoms with Crippen LogP contribution < -0.4 is 10.7 Å². The van der Waals surface area contributed by atoms with Crippen LogP contribution >= 0.6 is 0 Å². The number of phenols is 1. The first-order valence-corrected chi connectivity index (χ1v) is 8.54. The van der Waals surface area contributed by atoms with Crippen molar-refractivity contribution >= 4 is 28.9 Å². The minimum atomic E-state index is -0.557. The van der Waals surface area contributed by atoms with Crippen LogP contribution in [0.25, 0.3) is 0 Å². The molecule has 0 aliphatic heterocycles. The zero-order chi connectivity index (χ0) is 20.7. The van der Waals surface area contributed by atoms with Gasteiger partial charge >= 0.3 is 0 Å². The molecule has 3 N–H and O–H groups in total. The Bertz CT molecular complexity index is 922. The maximum absolute atomic E-state index is 12.1. The second kappa shape index (κ2) is 9.26. The molecule has 0 aromatic heterocycles. The number of hydrogen-bond donors (Lipinski definition) is 3. The van der Waals surface area contributed by atoms with Gasteiger partial charge in [-0.25, -0.2) is 5.43 Å². The Morgan fingerprint density at radius 3 is 2.46 bits per heavy atom. The fourth-order valence-electron chi connectivity index (χ4n) is 2.35. The highest BCUT2D eigenvalue weighted by atomic mass is 16.6. The first-order chi connectivity index (χ1) is 13.3. The van der Waals surface area contributed by atoms with E-state index in [4.69, 9.17) is 0 Å². The standard InChI is InChI=1S/C19H20N4O5/c1-3-4-18(25)20-14-7-10-17(24)16(11-14)12(2)21-22-19(26)13-5-8-15(9-6-13)23(27)28/h5-11,24H,3-4H2,1-2H3,(H,20,25)(H,22,26)/b21-12+. The first kappa shape index (κ1) is 20.6. The van der Waals surface area contributed by atoms with Gasteiger partial charge in [0.05, 0.1) is 10.6 Å². The Hall–Kier alpha value is -3.75. The normalized spacial score (nSPS) is 11.0. The summed E-state index contributed by atoms with van der Waals surface area (Å²) in [4.78, 5) is 33.9. The molecule has 0 aliphatic rings. The number of nitrogens with one attached hydrogen (secondary N) is 2. The fraction of sp³-hybridized carbons (Fsp3) is 0.211. The number of anilines is 1. The fourth-order valence-corrected chi connectivity index (χ4v) is 2.35. The van der Waals surface area contributed by atoms with Gasteiger partial charge in [0.25, 0.3) is 11.6 Å². The number of benzene rings is 2. The molecule has 28 heavy (non-hydrogen) atoms. The molecule has 0 fully saturated rings. The SMILES string of the molecule is CCCC(=O)Nc1ccc(O)c(/C(C)=N/NC(=O)c2ccc([N+](=O)[O-])cc2)c1. The molecule has 2 aromatic carbocycles. The summed E-state index contributed by atoms with van der Waals surface area (Å²) in [6, 6.07) is 9.63. The van der Waals surface area contributed by atoms with Crippen molar-refractivity contribution in [3.63, 3.8) is 0 Å². The van der Waals surface area contributed by atoms with Crippen molar-refractivity contribution in [1.29, 1.82) is 0 Å². The molecule has 2 rings (SSSR count). The third-order valence-electron chi connectivity index (χ3n) is 3.81. The van der Waals surface area contributed by atoms with E-state index >= 15 is 0 Å². The van der Waals surface area contributed by atoms with Gasteiger partial charge in [-0.1, -0.05) is 6.92 Å². The molecule has 2 amide bonds. The largest absolute Gasteiger partial charge is 0.507 e. The third-order valence-corrected chi connectivity index (χ3v) is 3.81. The Morgan fingerprint density at radius 1 is 1.18 bits per heavy atom. The first-order valence-electron chi connectivity index (χ1n) is 8.54. The van der Waals surface area contributed by atoms with E-state index in [9.17, 15) is 24.8 Å². The smallest absolute Gasteiger partial charge is 0.271 e. The van der Waals surface area contributed by atoms with Crippen molar-refractivity contribution in [3.05, 3.63) is 63.7 Å². The molecule has 2 aromatic rings. The van der Waals surface area contributed by atoms with Gasteiger partial charge in [-0.3, -0.25) is 19.7 Å². The summed E-state index contributed by atoms with van der Waals surface area (Å²) in [5.41, 5.74) is 3.58. The molecule has 0 radical (unpaired) electrons. The number of nitrogens with zero attached hydrogens (tertiary/aromatic N) is 2. The summed E-state index contributed by atoms with van der Waals surface area (Å²) in [6.45, 7) is 3.48. The molecule has 146 valence electrons. The summed E-state index contributed by atoms with van der Waals surface area (Å²) in [7, 11) is 0. The van der Waals surface area contributed by atoms with Crippen LogP contribution in [-0.2, 0) is 4.79 Å². The van der Waals surface area contributed by atoms with Gasteiger partial charge < -0.3 is 10.4 Å². The number of rotatable bonds is 7. The second-order valence-corrected chi connectivity index (χ2v) is 5.97. The molecule has 9 nitrogen and oxygen atoms in total. The predicted molar refractivity (Wildman–Crippen MR) is 104 cm³/mol. The molecule has 0 heterocycles. The van der Waals surface area contributed by atoms with Crippen LogP contribution in [0.2, 0.25) is 0 Å². The summed E-state index contributed by atoms with van der Waals surface area (Å²) in [5, 5.41) is 27.4. The lowest BCUT2D eigenvalue weighted by Gasteiger charge is -2.09. The van der Waals surface area contributed by atoms with Crippen LogP contribution in [0.5, 0.6) is 5.75 Å². The Labute approximate surface area is 161 Å². The van der Waals surface area contributed by atoms with E-state index in [0.717, 1.165) is 0 Å². The number of non-ortho nitro benzene ring substituents is 1. The quantitative estimate of drug-likeness (QED) is 0.292. The molecular weight excluding hydrogens is 364 g/mol. The maximum atomic E-state index is 12.1. The summed E-state index contributed by atoms with van der Waals surface area (Å²) >= 11 is 0. The topological polar surface area (TPSA) is 134 Å². The van der Waals surface area contributed by atoms with Crippen LogP contribution in [0.1, 0.15) is 42.6 Å². The lowest BCUT2D eigenvalue weighted by atomic mass is 10.1. The van der Waals surface area contributed by atoms with Gasteiger partial charge in [0.1, 0.15) is 5.75 Å². The van der Waals surface area contributed by atoms with Gasteiger partial charge in [0, 0.05) is 35.4 Å². The van der Waals surface area contributed by atoms with E-state index in [-0.39, 0.29) is 22.9 Å². The number of phenolic OH excluding ortho intramolecular Hbond substituents is 1. The van der Waals surface area contributed by atoms with Gasteiger partial charge in [0.15, 0.2) is 0 Å². The Morgan fingerprint density at radius 2 is 1.86 bits per heavy atom. The minimum Gasteiger partial charge on any atom is -0.507 e. The zero-order valence-corrected chi connectivity index (χ0v) is 15.4. The van der Waals surface area contributed by atoms with E-state index in [1.165, 1.54) is 30.3 Å². The van der Waals surface area contributed by atoms with Crippen molar-refractivity contribution in [2.75, 3.05) is 5.32 Å². The molecule has 0 unspecified atom stereocenters. The Balaban J connectivity index is 2.12. The van der Waals surface area contributed by atoms with Crippen molar-refractivity contribution in [1.82, 2.24) is 5.43 Å².